The molecular formula is C9H9N3O2S. The number of nitrogen functional groups attached to an aromatic ring is 1. The molecule has 15 heavy (non-hydrogen) atoms. The van der Waals surface area contributed by atoms with Crippen LogP contribution >= 0.6 is 11.3 Å². The van der Waals surface area contributed by atoms with Crippen LogP contribution in [0.25, 0.3) is 0 Å². The van der Waals surface area contributed by atoms with Crippen LogP contribution in [0.2, 0.25) is 0 Å². The number of thiophene rings is 1. The fourth-order valence-electron chi connectivity index (χ4n) is 1.21. The zero-order chi connectivity index (χ0) is 10.8. The molecule has 2 rings (SSSR count). The Morgan fingerprint density at radius 3 is 2.93 bits per heavy atom. The highest BCUT2D eigenvalue weighted by Crippen LogP contribution is 2.09. The standard InChI is InChI=1S/C9H9N3O2S/c10-7-5-12(9(14)11-8(7)13)4-6-2-1-3-15-6/h1-3,5H,4,10H2,(H,11,13,14). The SMILES string of the molecule is Nc1cn(Cc2cccs2)c(=O)[nH]c1=O. The van der Waals surface area contributed by atoms with Crippen LogP contribution in [0.5, 0.6) is 0 Å². The second-order valence-corrected chi connectivity index (χ2v) is 4.08. The number of H-pyrrole nitrogens is 1. The van der Waals surface area contributed by atoms with Crippen molar-refractivity contribution in [1.82, 2.24) is 9.55 Å². The molecule has 0 aliphatic rings. The number of aromatic nitrogens is 2. The van der Waals surface area contributed by atoms with E-state index in [2.05, 4.69) is 4.98 Å². The van der Waals surface area contributed by atoms with Crippen molar-refractivity contribution in [2.75, 3.05) is 5.73 Å². The second-order valence-electron chi connectivity index (χ2n) is 3.05. The first-order valence-electron chi connectivity index (χ1n) is 4.28. The first-order valence-corrected chi connectivity index (χ1v) is 5.16. The summed E-state index contributed by atoms with van der Waals surface area (Å²) < 4.78 is 1.38. The third kappa shape index (κ3) is 1.99. The molecule has 0 aromatic carbocycles. The van der Waals surface area contributed by atoms with Gasteiger partial charge < -0.3 is 5.73 Å². The van der Waals surface area contributed by atoms with E-state index in [1.54, 1.807) is 11.3 Å². The van der Waals surface area contributed by atoms with Crippen LogP contribution in [0.15, 0.2) is 33.3 Å². The fourth-order valence-corrected chi connectivity index (χ4v) is 1.92. The normalized spacial score (nSPS) is 10.4. The van der Waals surface area contributed by atoms with Crippen molar-refractivity contribution >= 4 is 17.0 Å². The third-order valence-electron chi connectivity index (χ3n) is 1.94. The van der Waals surface area contributed by atoms with E-state index in [1.165, 1.54) is 10.8 Å². The largest absolute Gasteiger partial charge is 0.393 e. The highest BCUT2D eigenvalue weighted by molar-refractivity contribution is 7.09. The molecule has 2 aromatic heterocycles. The Balaban J connectivity index is 2.42. The van der Waals surface area contributed by atoms with E-state index in [-0.39, 0.29) is 5.69 Å². The lowest BCUT2D eigenvalue weighted by molar-refractivity contribution is 0.732. The molecule has 2 aromatic rings. The number of hydrogen-bond acceptors (Lipinski definition) is 4. The topological polar surface area (TPSA) is 80.9 Å². The van der Waals surface area contributed by atoms with Gasteiger partial charge in [-0.3, -0.25) is 14.3 Å². The molecule has 78 valence electrons. The minimum atomic E-state index is -0.539. The molecule has 0 aliphatic carbocycles. The highest BCUT2D eigenvalue weighted by atomic mass is 32.1. The van der Waals surface area contributed by atoms with Gasteiger partial charge in [0, 0.05) is 11.1 Å². The van der Waals surface area contributed by atoms with Gasteiger partial charge >= 0.3 is 5.69 Å². The van der Waals surface area contributed by atoms with Gasteiger partial charge in [-0.1, -0.05) is 6.07 Å². The minimum absolute atomic E-state index is 0.0474. The molecule has 0 atom stereocenters. The van der Waals surface area contributed by atoms with Gasteiger partial charge in [-0.25, -0.2) is 4.79 Å². The summed E-state index contributed by atoms with van der Waals surface area (Å²) in [6.07, 6.45) is 1.36. The van der Waals surface area contributed by atoms with E-state index in [1.807, 2.05) is 17.5 Å². The fraction of sp³-hybridized carbons (Fsp3) is 0.111. The molecule has 0 unspecified atom stereocenters. The molecule has 0 bridgehead atoms. The number of nitrogens with one attached hydrogen (secondary N) is 1. The monoisotopic (exact) mass is 223 g/mol. The maximum Gasteiger partial charge on any atom is 0.328 e. The average molecular weight is 223 g/mol. The zero-order valence-corrected chi connectivity index (χ0v) is 8.58. The Morgan fingerprint density at radius 1 is 1.47 bits per heavy atom. The van der Waals surface area contributed by atoms with Crippen LogP contribution in [0.1, 0.15) is 4.88 Å². The summed E-state index contributed by atoms with van der Waals surface area (Å²) in [7, 11) is 0. The Hall–Kier alpha value is -1.82. The van der Waals surface area contributed by atoms with Gasteiger partial charge in [0.25, 0.3) is 5.56 Å². The molecule has 0 fully saturated rings. The van der Waals surface area contributed by atoms with Crippen molar-refractivity contribution in [1.29, 1.82) is 0 Å². The van der Waals surface area contributed by atoms with Crippen LogP contribution < -0.4 is 17.0 Å². The third-order valence-corrected chi connectivity index (χ3v) is 2.81. The summed E-state index contributed by atoms with van der Waals surface area (Å²) in [5.74, 6) is 0. The number of rotatable bonds is 2. The highest BCUT2D eigenvalue weighted by Gasteiger charge is 2.02. The van der Waals surface area contributed by atoms with Crippen molar-refractivity contribution in [2.24, 2.45) is 0 Å². The summed E-state index contributed by atoms with van der Waals surface area (Å²) in [6.45, 7) is 0.428. The van der Waals surface area contributed by atoms with E-state index < -0.39 is 11.2 Å². The van der Waals surface area contributed by atoms with Crippen LogP contribution in [-0.4, -0.2) is 9.55 Å². The molecule has 6 heteroatoms. The van der Waals surface area contributed by atoms with Crippen molar-refractivity contribution in [2.45, 2.75) is 6.54 Å². The van der Waals surface area contributed by atoms with Crippen molar-refractivity contribution in [3.63, 3.8) is 0 Å². The molecule has 0 spiro atoms. The van der Waals surface area contributed by atoms with Gasteiger partial charge in [0.1, 0.15) is 5.69 Å². The molecule has 0 aliphatic heterocycles. The quantitative estimate of drug-likeness (QED) is 0.764. The number of nitrogens with zero attached hydrogens (tertiary/aromatic N) is 1. The van der Waals surface area contributed by atoms with E-state index >= 15 is 0 Å². The lowest BCUT2D eigenvalue weighted by atomic mass is 10.4. The summed E-state index contributed by atoms with van der Waals surface area (Å²) in [4.78, 5) is 25.6. The summed E-state index contributed by atoms with van der Waals surface area (Å²) in [5, 5.41) is 1.93. The predicted molar refractivity (Wildman–Crippen MR) is 59.2 cm³/mol. The smallest absolute Gasteiger partial charge is 0.328 e. The zero-order valence-electron chi connectivity index (χ0n) is 7.77. The van der Waals surface area contributed by atoms with Gasteiger partial charge in [0.05, 0.1) is 6.54 Å². The van der Waals surface area contributed by atoms with Crippen LogP contribution in [0, 0.1) is 0 Å². The summed E-state index contributed by atoms with van der Waals surface area (Å²) in [5.41, 5.74) is 4.48. The number of hydrogen-bond donors (Lipinski definition) is 2. The average Bonchev–Trinajstić information content (AvgIpc) is 2.67. The van der Waals surface area contributed by atoms with Gasteiger partial charge in [-0.05, 0) is 11.4 Å². The molecule has 0 amide bonds. The maximum atomic E-state index is 11.4. The lowest BCUT2D eigenvalue weighted by Gasteiger charge is -2.03. The van der Waals surface area contributed by atoms with Crippen molar-refractivity contribution < 1.29 is 0 Å². The Kier molecular flexibility index (Phi) is 2.42. The predicted octanol–water partition coefficient (Wildman–Crippen LogP) is 0.229. The van der Waals surface area contributed by atoms with Gasteiger partial charge in [-0.2, -0.15) is 0 Å². The van der Waals surface area contributed by atoms with E-state index in [4.69, 9.17) is 5.73 Å². The molecule has 0 radical (unpaired) electrons. The van der Waals surface area contributed by atoms with Crippen LogP contribution in [0.4, 0.5) is 5.69 Å². The first kappa shape index (κ1) is 9.72. The Bertz CT molecular complexity index is 568. The maximum absolute atomic E-state index is 11.4. The summed E-state index contributed by atoms with van der Waals surface area (Å²) in [6, 6.07) is 3.82. The first-order chi connectivity index (χ1) is 7.16. The Labute approximate surface area is 88.8 Å². The Morgan fingerprint density at radius 2 is 2.27 bits per heavy atom. The van der Waals surface area contributed by atoms with Crippen molar-refractivity contribution in [3.05, 3.63) is 49.4 Å². The molecule has 5 nitrogen and oxygen atoms in total. The van der Waals surface area contributed by atoms with Crippen molar-refractivity contribution in [3.8, 4) is 0 Å². The lowest BCUT2D eigenvalue weighted by Crippen LogP contribution is -2.31. The van der Waals surface area contributed by atoms with Gasteiger partial charge in [0.15, 0.2) is 0 Å². The van der Waals surface area contributed by atoms with Crippen LogP contribution in [-0.2, 0) is 6.54 Å². The molecule has 0 saturated carbocycles. The van der Waals surface area contributed by atoms with Crippen LogP contribution in [0.3, 0.4) is 0 Å². The van der Waals surface area contributed by atoms with Gasteiger partial charge in [0.2, 0.25) is 0 Å². The van der Waals surface area contributed by atoms with E-state index in [9.17, 15) is 9.59 Å². The molecular weight excluding hydrogens is 214 g/mol. The summed E-state index contributed by atoms with van der Waals surface area (Å²) >= 11 is 1.54. The number of aromatic amines is 1. The molecule has 2 heterocycles. The van der Waals surface area contributed by atoms with Gasteiger partial charge in [-0.15, -0.1) is 11.3 Å². The van der Waals surface area contributed by atoms with E-state index in [0.29, 0.717) is 6.54 Å². The molecule has 0 saturated heterocycles. The van der Waals surface area contributed by atoms with E-state index in [0.717, 1.165) is 4.88 Å². The minimum Gasteiger partial charge on any atom is -0.393 e. The number of nitrogens with two attached hydrogens (primary N) is 1. The number of anilines is 1. The molecule has 3 N–H and O–H groups in total. The second kappa shape index (κ2) is 3.74.